The topological polar surface area (TPSA) is 29.9 Å². The molecule has 3 heteroatoms. The molecule has 3 nitrogen and oxygen atoms in total. The van der Waals surface area contributed by atoms with E-state index in [0.29, 0.717) is 5.54 Å². The number of rotatable bonds is 3. The molecule has 1 aromatic rings. The lowest BCUT2D eigenvalue weighted by molar-refractivity contribution is 0.535. The lowest BCUT2D eigenvalue weighted by Crippen LogP contribution is -2.27. The number of aryl methyl sites for hydroxylation is 2. The maximum absolute atomic E-state index is 4.41. The highest BCUT2D eigenvalue weighted by Crippen LogP contribution is 2.34. The molecule has 0 saturated heterocycles. The van der Waals surface area contributed by atoms with Gasteiger partial charge in [-0.3, -0.25) is 4.68 Å². The predicted octanol–water partition coefficient (Wildman–Crippen LogP) is 1.68. The van der Waals surface area contributed by atoms with Gasteiger partial charge in [-0.25, -0.2) is 0 Å². The van der Waals surface area contributed by atoms with Gasteiger partial charge in [0.15, 0.2) is 0 Å². The SMILES string of the molecule is Cc1nn(C)c(C)c1CNC1(C)CC1. The van der Waals surface area contributed by atoms with E-state index in [4.69, 9.17) is 0 Å². The Morgan fingerprint density at radius 3 is 2.50 bits per heavy atom. The summed E-state index contributed by atoms with van der Waals surface area (Å²) in [5.74, 6) is 0. The Bertz CT molecular complexity index is 348. The quantitative estimate of drug-likeness (QED) is 0.791. The van der Waals surface area contributed by atoms with Crippen LogP contribution in [0.3, 0.4) is 0 Å². The Hall–Kier alpha value is -0.830. The van der Waals surface area contributed by atoms with Gasteiger partial charge >= 0.3 is 0 Å². The Labute approximate surface area is 85.5 Å². The molecule has 2 rings (SSSR count). The third-order valence-corrected chi connectivity index (χ3v) is 3.35. The van der Waals surface area contributed by atoms with Crippen molar-refractivity contribution in [2.75, 3.05) is 0 Å². The summed E-state index contributed by atoms with van der Waals surface area (Å²) in [5.41, 5.74) is 4.20. The van der Waals surface area contributed by atoms with Gasteiger partial charge in [0.2, 0.25) is 0 Å². The van der Waals surface area contributed by atoms with Gasteiger partial charge < -0.3 is 5.32 Å². The van der Waals surface area contributed by atoms with Crippen LogP contribution >= 0.6 is 0 Å². The molecule has 0 radical (unpaired) electrons. The van der Waals surface area contributed by atoms with Crippen LogP contribution in [0.25, 0.3) is 0 Å². The molecule has 1 aromatic heterocycles. The lowest BCUT2D eigenvalue weighted by atomic mass is 10.2. The Morgan fingerprint density at radius 2 is 2.07 bits per heavy atom. The van der Waals surface area contributed by atoms with Crippen molar-refractivity contribution < 1.29 is 0 Å². The molecule has 1 fully saturated rings. The van der Waals surface area contributed by atoms with Crippen molar-refractivity contribution in [3.05, 3.63) is 17.0 Å². The normalized spacial score (nSPS) is 18.6. The first-order chi connectivity index (χ1) is 6.52. The maximum Gasteiger partial charge on any atom is 0.0641 e. The van der Waals surface area contributed by atoms with Crippen LogP contribution in [-0.2, 0) is 13.6 Å². The summed E-state index contributed by atoms with van der Waals surface area (Å²) in [7, 11) is 2.00. The molecule has 0 aliphatic heterocycles. The molecular weight excluding hydrogens is 174 g/mol. The zero-order valence-electron chi connectivity index (χ0n) is 9.52. The highest BCUT2D eigenvalue weighted by Gasteiger charge is 2.36. The van der Waals surface area contributed by atoms with Gasteiger partial charge in [-0.05, 0) is 33.6 Å². The van der Waals surface area contributed by atoms with E-state index in [0.717, 1.165) is 12.2 Å². The Balaban J connectivity index is 2.08. The Morgan fingerprint density at radius 1 is 1.43 bits per heavy atom. The molecule has 0 amide bonds. The molecule has 1 N–H and O–H groups in total. The van der Waals surface area contributed by atoms with Gasteiger partial charge in [0.1, 0.15) is 0 Å². The smallest absolute Gasteiger partial charge is 0.0641 e. The van der Waals surface area contributed by atoms with E-state index >= 15 is 0 Å². The van der Waals surface area contributed by atoms with Gasteiger partial charge in [0.25, 0.3) is 0 Å². The summed E-state index contributed by atoms with van der Waals surface area (Å²) in [5, 5.41) is 8.00. The minimum Gasteiger partial charge on any atom is -0.307 e. The van der Waals surface area contributed by atoms with Crippen molar-refractivity contribution in [1.29, 1.82) is 0 Å². The van der Waals surface area contributed by atoms with Crippen molar-refractivity contribution in [2.45, 2.75) is 45.7 Å². The highest BCUT2D eigenvalue weighted by atomic mass is 15.3. The van der Waals surface area contributed by atoms with Crippen LogP contribution in [0.1, 0.15) is 36.7 Å². The number of hydrogen-bond acceptors (Lipinski definition) is 2. The van der Waals surface area contributed by atoms with E-state index in [1.54, 1.807) is 0 Å². The number of aromatic nitrogens is 2. The van der Waals surface area contributed by atoms with Crippen LogP contribution in [-0.4, -0.2) is 15.3 Å². The molecule has 1 saturated carbocycles. The Kier molecular flexibility index (Phi) is 2.14. The van der Waals surface area contributed by atoms with Crippen LogP contribution in [0.15, 0.2) is 0 Å². The van der Waals surface area contributed by atoms with Crippen LogP contribution < -0.4 is 5.32 Å². The highest BCUT2D eigenvalue weighted by molar-refractivity contribution is 5.24. The average Bonchev–Trinajstić information content (AvgIpc) is 2.78. The molecule has 78 valence electrons. The monoisotopic (exact) mass is 193 g/mol. The molecule has 1 aliphatic carbocycles. The summed E-state index contributed by atoms with van der Waals surface area (Å²) < 4.78 is 1.96. The summed E-state index contributed by atoms with van der Waals surface area (Å²) in [4.78, 5) is 0. The average molecular weight is 193 g/mol. The van der Waals surface area contributed by atoms with Crippen molar-refractivity contribution in [2.24, 2.45) is 7.05 Å². The minimum absolute atomic E-state index is 0.411. The number of nitrogens with zero attached hydrogens (tertiary/aromatic N) is 2. The fourth-order valence-electron chi connectivity index (χ4n) is 1.74. The molecule has 1 aliphatic rings. The van der Waals surface area contributed by atoms with Gasteiger partial charge in [-0.1, -0.05) is 0 Å². The summed E-state index contributed by atoms with van der Waals surface area (Å²) in [6.45, 7) is 7.46. The minimum atomic E-state index is 0.411. The second-order valence-electron chi connectivity index (χ2n) is 4.69. The molecule has 0 atom stereocenters. The van der Waals surface area contributed by atoms with E-state index in [9.17, 15) is 0 Å². The second kappa shape index (κ2) is 3.09. The van der Waals surface area contributed by atoms with Crippen LogP contribution in [0, 0.1) is 13.8 Å². The first-order valence-corrected chi connectivity index (χ1v) is 5.26. The zero-order valence-corrected chi connectivity index (χ0v) is 9.52. The molecule has 1 heterocycles. The predicted molar refractivity (Wildman–Crippen MR) is 57.2 cm³/mol. The van der Waals surface area contributed by atoms with Gasteiger partial charge in [-0.2, -0.15) is 5.10 Å². The van der Waals surface area contributed by atoms with Crippen LogP contribution in [0.5, 0.6) is 0 Å². The molecule has 0 spiro atoms. The van der Waals surface area contributed by atoms with E-state index in [-0.39, 0.29) is 0 Å². The van der Waals surface area contributed by atoms with Crippen molar-refractivity contribution >= 4 is 0 Å². The van der Waals surface area contributed by atoms with Crippen LogP contribution in [0.2, 0.25) is 0 Å². The van der Waals surface area contributed by atoms with Gasteiger partial charge in [0.05, 0.1) is 5.69 Å². The van der Waals surface area contributed by atoms with E-state index < -0.39 is 0 Å². The van der Waals surface area contributed by atoms with Gasteiger partial charge in [0, 0.05) is 30.4 Å². The lowest BCUT2D eigenvalue weighted by Gasteiger charge is -2.11. The van der Waals surface area contributed by atoms with Crippen LogP contribution in [0.4, 0.5) is 0 Å². The van der Waals surface area contributed by atoms with Crippen molar-refractivity contribution in [3.8, 4) is 0 Å². The first kappa shape index (κ1) is 9.71. The summed E-state index contributed by atoms with van der Waals surface area (Å²) >= 11 is 0. The molecule has 0 bridgehead atoms. The first-order valence-electron chi connectivity index (χ1n) is 5.26. The molecule has 14 heavy (non-hydrogen) atoms. The van der Waals surface area contributed by atoms with E-state index in [2.05, 4.69) is 31.2 Å². The summed E-state index contributed by atoms with van der Waals surface area (Å²) in [6.07, 6.45) is 2.62. The van der Waals surface area contributed by atoms with Crippen molar-refractivity contribution in [3.63, 3.8) is 0 Å². The largest absolute Gasteiger partial charge is 0.307 e. The zero-order chi connectivity index (χ0) is 10.3. The number of nitrogens with one attached hydrogen (secondary N) is 1. The molecule has 0 unspecified atom stereocenters. The number of hydrogen-bond donors (Lipinski definition) is 1. The fourth-order valence-corrected chi connectivity index (χ4v) is 1.74. The third kappa shape index (κ3) is 1.69. The van der Waals surface area contributed by atoms with E-state index in [1.807, 2.05) is 11.7 Å². The molecule has 0 aromatic carbocycles. The second-order valence-corrected chi connectivity index (χ2v) is 4.69. The third-order valence-electron chi connectivity index (χ3n) is 3.35. The van der Waals surface area contributed by atoms with Crippen molar-refractivity contribution in [1.82, 2.24) is 15.1 Å². The fraction of sp³-hybridized carbons (Fsp3) is 0.727. The summed E-state index contributed by atoms with van der Waals surface area (Å²) in [6, 6.07) is 0. The van der Waals surface area contributed by atoms with E-state index in [1.165, 1.54) is 24.1 Å². The standard InChI is InChI=1S/C11H19N3/c1-8-10(9(2)14(4)13-8)7-12-11(3)5-6-11/h12H,5-7H2,1-4H3. The maximum atomic E-state index is 4.41. The molecular formula is C11H19N3. The van der Waals surface area contributed by atoms with Gasteiger partial charge in [-0.15, -0.1) is 0 Å².